The number of nitrogens with zero attached hydrogens (tertiary/aromatic N) is 3. The maximum atomic E-state index is 13.3. The number of nitrogen functional groups attached to an aromatic ring is 1. The Morgan fingerprint density at radius 3 is 3.19 bits per heavy atom. The van der Waals surface area contributed by atoms with E-state index in [9.17, 15) is 4.79 Å². The molecule has 2 aliphatic rings. The molecule has 27 heavy (non-hydrogen) atoms. The molecular weight excluding hydrogens is 358 g/mol. The van der Waals surface area contributed by atoms with Crippen LogP contribution in [0.3, 0.4) is 0 Å². The summed E-state index contributed by atoms with van der Waals surface area (Å²) in [6.07, 6.45) is 8.92. The molecule has 0 aromatic carbocycles. The van der Waals surface area contributed by atoms with Crippen LogP contribution >= 0.6 is 11.3 Å². The monoisotopic (exact) mass is 381 g/mol. The second kappa shape index (κ2) is 6.64. The number of rotatable bonds is 2. The third kappa shape index (κ3) is 2.90. The Hall–Kier alpha value is -2.41. The summed E-state index contributed by atoms with van der Waals surface area (Å²) in [6, 6.07) is 4.09. The fourth-order valence-electron chi connectivity index (χ4n) is 4.64. The van der Waals surface area contributed by atoms with Gasteiger partial charge < -0.3 is 15.6 Å². The van der Waals surface area contributed by atoms with E-state index in [0.717, 1.165) is 56.5 Å². The van der Waals surface area contributed by atoms with E-state index in [1.54, 1.807) is 17.5 Å². The number of amides is 1. The predicted molar refractivity (Wildman–Crippen MR) is 107 cm³/mol. The van der Waals surface area contributed by atoms with Crippen LogP contribution in [0.4, 0.5) is 5.13 Å². The van der Waals surface area contributed by atoms with Gasteiger partial charge in [0, 0.05) is 41.7 Å². The van der Waals surface area contributed by atoms with Gasteiger partial charge in [-0.3, -0.25) is 4.79 Å². The van der Waals surface area contributed by atoms with Gasteiger partial charge >= 0.3 is 0 Å². The molecular formula is C20H23N5OS. The average molecular weight is 382 g/mol. The molecule has 2 unspecified atom stereocenters. The van der Waals surface area contributed by atoms with Gasteiger partial charge in [-0.15, -0.1) is 11.3 Å². The zero-order chi connectivity index (χ0) is 18.4. The number of hydrogen-bond donors (Lipinski definition) is 2. The fraction of sp³-hybridized carbons (Fsp3) is 0.450. The molecule has 1 fully saturated rings. The first-order valence-electron chi connectivity index (χ1n) is 9.66. The third-order valence-electron chi connectivity index (χ3n) is 5.92. The van der Waals surface area contributed by atoms with Gasteiger partial charge in [-0.1, -0.05) is 0 Å². The zero-order valence-corrected chi connectivity index (χ0v) is 16.0. The largest absolute Gasteiger partial charge is 0.375 e. The van der Waals surface area contributed by atoms with Crippen molar-refractivity contribution in [3.8, 4) is 0 Å². The summed E-state index contributed by atoms with van der Waals surface area (Å²) in [5.41, 5.74) is 9.05. The van der Waals surface area contributed by atoms with E-state index < -0.39 is 0 Å². The molecule has 1 saturated heterocycles. The number of H-pyrrole nitrogens is 1. The number of carbonyl (C=O) groups is 1. The van der Waals surface area contributed by atoms with Gasteiger partial charge in [0.15, 0.2) is 5.13 Å². The number of likely N-dealkylation sites (tertiary alicyclic amines) is 1. The van der Waals surface area contributed by atoms with Gasteiger partial charge in [0.05, 0.1) is 11.6 Å². The van der Waals surface area contributed by atoms with Gasteiger partial charge in [-0.2, -0.15) is 0 Å². The summed E-state index contributed by atoms with van der Waals surface area (Å²) in [5.74, 6) is 0.457. The van der Waals surface area contributed by atoms with Crippen molar-refractivity contribution in [3.05, 3.63) is 40.7 Å². The number of carbonyl (C=O) groups excluding carboxylic acids is 1. The van der Waals surface area contributed by atoms with E-state index in [-0.39, 0.29) is 11.8 Å². The normalized spacial score (nSPS) is 22.7. The Morgan fingerprint density at radius 1 is 1.33 bits per heavy atom. The summed E-state index contributed by atoms with van der Waals surface area (Å²) in [4.78, 5) is 28.8. The molecule has 2 atom stereocenters. The summed E-state index contributed by atoms with van der Waals surface area (Å²) >= 11 is 1.54. The molecule has 1 aliphatic carbocycles. The lowest BCUT2D eigenvalue weighted by atomic mass is 9.87. The number of nitrogens with two attached hydrogens (primary N) is 1. The van der Waals surface area contributed by atoms with Crippen molar-refractivity contribution in [3.63, 3.8) is 0 Å². The van der Waals surface area contributed by atoms with Crippen LogP contribution in [0.2, 0.25) is 0 Å². The van der Waals surface area contributed by atoms with Crippen LogP contribution in [0, 0.1) is 0 Å². The van der Waals surface area contributed by atoms with E-state index in [1.165, 1.54) is 15.8 Å². The highest BCUT2D eigenvalue weighted by molar-refractivity contribution is 7.15. The SMILES string of the molecule is Nc1nc2c(s1)CCCC2C(=O)N1CCCC(c2c[nH]c3ncccc23)C1. The van der Waals surface area contributed by atoms with Gasteiger partial charge in [0.25, 0.3) is 0 Å². The van der Waals surface area contributed by atoms with Crippen molar-refractivity contribution in [1.29, 1.82) is 0 Å². The van der Waals surface area contributed by atoms with Gasteiger partial charge in [0.1, 0.15) is 5.65 Å². The number of aromatic nitrogens is 3. The molecule has 0 saturated carbocycles. The second-order valence-corrected chi connectivity index (χ2v) is 8.69. The maximum Gasteiger partial charge on any atom is 0.231 e. The maximum absolute atomic E-state index is 13.3. The van der Waals surface area contributed by atoms with Crippen LogP contribution in [0.1, 0.15) is 53.7 Å². The predicted octanol–water partition coefficient (Wildman–Crippen LogP) is 3.43. The first-order valence-corrected chi connectivity index (χ1v) is 10.5. The molecule has 1 amide bonds. The Morgan fingerprint density at radius 2 is 2.26 bits per heavy atom. The van der Waals surface area contributed by atoms with Crippen LogP contribution in [0.25, 0.3) is 11.0 Å². The van der Waals surface area contributed by atoms with E-state index in [4.69, 9.17) is 5.73 Å². The standard InChI is InChI=1S/C20H23N5OS/c21-20-24-17-14(5-1-7-16(17)27-20)19(26)25-9-3-4-12(11-25)15-10-23-18-13(15)6-2-8-22-18/h2,6,8,10,12,14H,1,3-5,7,9,11H2,(H2,21,24)(H,22,23). The lowest BCUT2D eigenvalue weighted by molar-refractivity contribution is -0.134. The van der Waals surface area contributed by atoms with E-state index in [2.05, 4.69) is 32.1 Å². The lowest BCUT2D eigenvalue weighted by Gasteiger charge is -2.35. The topological polar surface area (TPSA) is 87.9 Å². The number of pyridine rings is 1. The first kappa shape index (κ1) is 16.7. The van der Waals surface area contributed by atoms with Gasteiger partial charge in [-0.05, 0) is 49.8 Å². The van der Waals surface area contributed by atoms with Crippen molar-refractivity contribution in [2.75, 3.05) is 18.8 Å². The molecule has 140 valence electrons. The van der Waals surface area contributed by atoms with E-state index >= 15 is 0 Å². The number of anilines is 1. The Bertz CT molecular complexity index is 993. The van der Waals surface area contributed by atoms with E-state index in [1.807, 2.05) is 6.07 Å². The smallest absolute Gasteiger partial charge is 0.231 e. The van der Waals surface area contributed by atoms with E-state index in [0.29, 0.717) is 11.0 Å². The van der Waals surface area contributed by atoms with Gasteiger partial charge in [-0.25, -0.2) is 9.97 Å². The molecule has 0 bridgehead atoms. The highest BCUT2D eigenvalue weighted by Gasteiger charge is 2.35. The highest BCUT2D eigenvalue weighted by atomic mass is 32.1. The lowest BCUT2D eigenvalue weighted by Crippen LogP contribution is -2.42. The number of nitrogens with one attached hydrogen (secondary N) is 1. The molecule has 4 heterocycles. The van der Waals surface area contributed by atoms with Crippen LogP contribution in [-0.2, 0) is 11.2 Å². The molecule has 3 aromatic heterocycles. The zero-order valence-electron chi connectivity index (χ0n) is 15.1. The number of aryl methyl sites for hydroxylation is 1. The van der Waals surface area contributed by atoms with Crippen LogP contribution in [-0.4, -0.2) is 38.8 Å². The quantitative estimate of drug-likeness (QED) is 0.712. The Labute approximate surface area is 161 Å². The Balaban J connectivity index is 1.39. The molecule has 5 rings (SSSR count). The number of piperidine rings is 1. The minimum absolute atomic E-state index is 0.120. The molecule has 3 aromatic rings. The highest BCUT2D eigenvalue weighted by Crippen LogP contribution is 2.38. The van der Waals surface area contributed by atoms with Crippen LogP contribution in [0.5, 0.6) is 0 Å². The number of aromatic amines is 1. The number of thiazole rings is 1. The molecule has 7 heteroatoms. The molecule has 3 N–H and O–H groups in total. The van der Waals surface area contributed by atoms with Crippen LogP contribution < -0.4 is 5.73 Å². The summed E-state index contributed by atoms with van der Waals surface area (Å²) < 4.78 is 0. The summed E-state index contributed by atoms with van der Waals surface area (Å²) in [6.45, 7) is 1.60. The van der Waals surface area contributed by atoms with Crippen molar-refractivity contribution in [2.45, 2.75) is 43.9 Å². The number of fused-ring (bicyclic) bond motifs is 2. The minimum atomic E-state index is -0.120. The molecule has 0 radical (unpaired) electrons. The van der Waals surface area contributed by atoms with Crippen molar-refractivity contribution >= 4 is 33.4 Å². The number of hydrogen-bond acceptors (Lipinski definition) is 5. The summed E-state index contributed by atoms with van der Waals surface area (Å²) in [7, 11) is 0. The fourth-order valence-corrected chi connectivity index (χ4v) is 5.58. The van der Waals surface area contributed by atoms with Crippen LogP contribution in [0.15, 0.2) is 24.5 Å². The van der Waals surface area contributed by atoms with Crippen molar-refractivity contribution in [1.82, 2.24) is 19.9 Å². The molecule has 6 nitrogen and oxygen atoms in total. The molecule has 0 spiro atoms. The summed E-state index contributed by atoms with van der Waals surface area (Å²) in [5, 5.41) is 1.76. The Kier molecular flexibility index (Phi) is 4.11. The molecule has 1 aliphatic heterocycles. The minimum Gasteiger partial charge on any atom is -0.375 e. The van der Waals surface area contributed by atoms with Crippen molar-refractivity contribution < 1.29 is 4.79 Å². The second-order valence-electron chi connectivity index (χ2n) is 7.57. The first-order chi connectivity index (χ1) is 13.2. The third-order valence-corrected chi connectivity index (χ3v) is 6.88. The van der Waals surface area contributed by atoms with Gasteiger partial charge in [0.2, 0.25) is 5.91 Å². The average Bonchev–Trinajstić information content (AvgIpc) is 3.30. The van der Waals surface area contributed by atoms with Crippen molar-refractivity contribution in [2.24, 2.45) is 0 Å².